The first-order valence-electron chi connectivity index (χ1n) is 7.32. The van der Waals surface area contributed by atoms with Gasteiger partial charge in [-0.05, 0) is 25.7 Å². The zero-order valence-corrected chi connectivity index (χ0v) is 12.1. The van der Waals surface area contributed by atoms with Crippen molar-refractivity contribution in [1.82, 2.24) is 10.2 Å². The summed E-state index contributed by atoms with van der Waals surface area (Å²) in [6.45, 7) is 7.11. The zero-order valence-electron chi connectivity index (χ0n) is 12.1. The summed E-state index contributed by atoms with van der Waals surface area (Å²) in [5, 5.41) is 2.89. The monoisotopic (exact) mass is 268 g/mol. The molecule has 5 heteroatoms. The SMILES string of the molecule is CCC1NC(=O)C(CC)(CC)N(C2CCOC2)C1=O. The normalized spacial score (nSPS) is 30.6. The Labute approximate surface area is 114 Å². The Balaban J connectivity index is 2.38. The standard InChI is InChI=1S/C14H24N2O3/c1-4-11-12(17)16(10-7-8-19-9-10)14(5-2,6-3)13(18)15-11/h10-11H,4-9H2,1-3H3,(H,15,18). The maximum Gasteiger partial charge on any atom is 0.246 e. The van der Waals surface area contributed by atoms with E-state index in [-0.39, 0.29) is 23.9 Å². The molecule has 0 saturated carbocycles. The second kappa shape index (κ2) is 5.49. The summed E-state index contributed by atoms with van der Waals surface area (Å²) in [7, 11) is 0. The van der Waals surface area contributed by atoms with Gasteiger partial charge in [-0.2, -0.15) is 0 Å². The fourth-order valence-corrected chi connectivity index (χ4v) is 3.29. The van der Waals surface area contributed by atoms with Crippen molar-refractivity contribution in [3.63, 3.8) is 0 Å². The van der Waals surface area contributed by atoms with Gasteiger partial charge in [0.25, 0.3) is 0 Å². The average molecular weight is 268 g/mol. The summed E-state index contributed by atoms with van der Waals surface area (Å²) in [5.41, 5.74) is -0.693. The third-order valence-electron chi connectivity index (χ3n) is 4.57. The van der Waals surface area contributed by atoms with Gasteiger partial charge < -0.3 is 15.0 Å². The average Bonchev–Trinajstić information content (AvgIpc) is 2.94. The molecular weight excluding hydrogens is 244 g/mol. The first-order chi connectivity index (χ1) is 9.10. The summed E-state index contributed by atoms with van der Waals surface area (Å²) in [4.78, 5) is 27.0. The van der Waals surface area contributed by atoms with Crippen LogP contribution in [-0.4, -0.2) is 47.6 Å². The van der Waals surface area contributed by atoms with E-state index in [9.17, 15) is 9.59 Å². The number of nitrogens with zero attached hydrogens (tertiary/aromatic N) is 1. The van der Waals surface area contributed by atoms with E-state index in [1.807, 2.05) is 25.7 Å². The molecule has 2 saturated heterocycles. The Morgan fingerprint density at radius 1 is 1.32 bits per heavy atom. The van der Waals surface area contributed by atoms with Crippen molar-refractivity contribution in [2.45, 2.75) is 64.1 Å². The van der Waals surface area contributed by atoms with Crippen molar-refractivity contribution < 1.29 is 14.3 Å². The second-order valence-electron chi connectivity index (χ2n) is 5.40. The smallest absolute Gasteiger partial charge is 0.246 e. The zero-order chi connectivity index (χ0) is 14.0. The lowest BCUT2D eigenvalue weighted by Crippen LogP contribution is -2.72. The molecule has 2 amide bonds. The molecule has 1 N–H and O–H groups in total. The molecule has 0 aromatic rings. The molecule has 2 fully saturated rings. The van der Waals surface area contributed by atoms with Crippen molar-refractivity contribution in [2.75, 3.05) is 13.2 Å². The molecule has 108 valence electrons. The molecule has 19 heavy (non-hydrogen) atoms. The summed E-state index contributed by atoms with van der Waals surface area (Å²) in [5.74, 6) is 0.0529. The quantitative estimate of drug-likeness (QED) is 0.829. The van der Waals surface area contributed by atoms with Crippen LogP contribution in [0, 0.1) is 0 Å². The van der Waals surface area contributed by atoms with E-state index in [4.69, 9.17) is 4.74 Å². The fourth-order valence-electron chi connectivity index (χ4n) is 3.29. The number of hydrogen-bond donors (Lipinski definition) is 1. The molecule has 2 heterocycles. The number of nitrogens with one attached hydrogen (secondary N) is 1. The molecule has 0 aromatic carbocycles. The number of piperazine rings is 1. The van der Waals surface area contributed by atoms with Gasteiger partial charge in [-0.3, -0.25) is 9.59 Å². The van der Waals surface area contributed by atoms with Crippen molar-refractivity contribution in [3.05, 3.63) is 0 Å². The molecule has 0 spiro atoms. The summed E-state index contributed by atoms with van der Waals surface area (Å²) in [6.07, 6.45) is 2.76. The summed E-state index contributed by atoms with van der Waals surface area (Å²) >= 11 is 0. The maximum atomic E-state index is 12.7. The molecule has 5 nitrogen and oxygen atoms in total. The van der Waals surface area contributed by atoms with Gasteiger partial charge in [0, 0.05) is 6.61 Å². The second-order valence-corrected chi connectivity index (χ2v) is 5.40. The molecular formula is C14H24N2O3. The number of rotatable bonds is 4. The Hall–Kier alpha value is -1.10. The highest BCUT2D eigenvalue weighted by molar-refractivity contribution is 6.00. The highest BCUT2D eigenvalue weighted by Crippen LogP contribution is 2.33. The van der Waals surface area contributed by atoms with Crippen molar-refractivity contribution in [1.29, 1.82) is 0 Å². The minimum Gasteiger partial charge on any atom is -0.379 e. The van der Waals surface area contributed by atoms with Crippen molar-refractivity contribution in [2.24, 2.45) is 0 Å². The van der Waals surface area contributed by atoms with Gasteiger partial charge in [-0.15, -0.1) is 0 Å². The van der Waals surface area contributed by atoms with Crippen molar-refractivity contribution >= 4 is 11.8 Å². The number of ether oxygens (including phenoxy) is 1. The largest absolute Gasteiger partial charge is 0.379 e. The minimum atomic E-state index is -0.693. The Morgan fingerprint density at radius 3 is 2.47 bits per heavy atom. The minimum absolute atomic E-state index is 0.00384. The first-order valence-corrected chi connectivity index (χ1v) is 7.32. The summed E-state index contributed by atoms with van der Waals surface area (Å²) in [6, 6.07) is -0.327. The lowest BCUT2D eigenvalue weighted by Gasteiger charge is -2.50. The molecule has 2 aliphatic rings. The van der Waals surface area contributed by atoms with E-state index in [2.05, 4.69) is 5.32 Å². The van der Waals surface area contributed by atoms with Gasteiger partial charge in [-0.25, -0.2) is 0 Å². The number of amides is 2. The van der Waals surface area contributed by atoms with Crippen LogP contribution < -0.4 is 5.32 Å². The van der Waals surface area contributed by atoms with Gasteiger partial charge in [0.15, 0.2) is 0 Å². The van der Waals surface area contributed by atoms with Gasteiger partial charge in [0.1, 0.15) is 11.6 Å². The number of carbonyl (C=O) groups is 2. The molecule has 0 aromatic heterocycles. The third-order valence-corrected chi connectivity index (χ3v) is 4.57. The number of hydrogen-bond acceptors (Lipinski definition) is 3. The maximum absolute atomic E-state index is 12.7. The van der Waals surface area contributed by atoms with Gasteiger partial charge in [0.05, 0.1) is 12.6 Å². The Morgan fingerprint density at radius 2 is 2.00 bits per heavy atom. The van der Waals surface area contributed by atoms with Crippen LogP contribution >= 0.6 is 0 Å². The van der Waals surface area contributed by atoms with Crippen LogP contribution in [0.25, 0.3) is 0 Å². The third kappa shape index (κ3) is 2.14. The first kappa shape index (κ1) is 14.3. The molecule has 2 rings (SSSR count). The predicted molar refractivity (Wildman–Crippen MR) is 71.6 cm³/mol. The van der Waals surface area contributed by atoms with Crippen LogP contribution in [0.2, 0.25) is 0 Å². The van der Waals surface area contributed by atoms with Crippen LogP contribution in [0.15, 0.2) is 0 Å². The van der Waals surface area contributed by atoms with E-state index in [1.54, 1.807) is 0 Å². The molecule has 0 radical (unpaired) electrons. The molecule has 0 aliphatic carbocycles. The highest BCUT2D eigenvalue weighted by Gasteiger charge is 2.52. The Kier molecular flexibility index (Phi) is 4.13. The van der Waals surface area contributed by atoms with Crippen LogP contribution in [0.3, 0.4) is 0 Å². The van der Waals surface area contributed by atoms with Crippen molar-refractivity contribution in [3.8, 4) is 0 Å². The van der Waals surface area contributed by atoms with E-state index in [0.29, 0.717) is 32.5 Å². The van der Waals surface area contributed by atoms with Crippen LogP contribution in [0.1, 0.15) is 46.5 Å². The van der Waals surface area contributed by atoms with Crippen LogP contribution in [0.5, 0.6) is 0 Å². The molecule has 2 aliphatic heterocycles. The Bertz CT molecular complexity index is 360. The lowest BCUT2D eigenvalue weighted by molar-refractivity contribution is -0.162. The van der Waals surface area contributed by atoms with Crippen LogP contribution in [-0.2, 0) is 14.3 Å². The molecule has 2 unspecified atom stereocenters. The van der Waals surface area contributed by atoms with Gasteiger partial charge in [-0.1, -0.05) is 20.8 Å². The van der Waals surface area contributed by atoms with Gasteiger partial charge >= 0.3 is 0 Å². The van der Waals surface area contributed by atoms with E-state index in [0.717, 1.165) is 6.42 Å². The molecule has 0 bridgehead atoms. The number of carbonyl (C=O) groups excluding carboxylic acids is 2. The predicted octanol–water partition coefficient (Wildman–Crippen LogP) is 1.07. The topological polar surface area (TPSA) is 58.6 Å². The fraction of sp³-hybridized carbons (Fsp3) is 0.857. The highest BCUT2D eigenvalue weighted by atomic mass is 16.5. The molecule has 2 atom stereocenters. The summed E-state index contributed by atoms with van der Waals surface area (Å²) < 4.78 is 5.42. The van der Waals surface area contributed by atoms with E-state index >= 15 is 0 Å². The van der Waals surface area contributed by atoms with Crippen LogP contribution in [0.4, 0.5) is 0 Å². The van der Waals surface area contributed by atoms with E-state index in [1.165, 1.54) is 0 Å². The van der Waals surface area contributed by atoms with Gasteiger partial charge in [0.2, 0.25) is 11.8 Å². The lowest BCUT2D eigenvalue weighted by atomic mass is 9.84. The van der Waals surface area contributed by atoms with E-state index < -0.39 is 5.54 Å².